The van der Waals surface area contributed by atoms with Crippen LogP contribution in [0, 0.1) is 5.92 Å². The molecular weight excluding hydrogens is 186 g/mol. The molecule has 2 heteroatoms. The molecule has 0 amide bonds. The Morgan fingerprint density at radius 3 is 2.40 bits per heavy atom. The minimum Gasteiger partial charge on any atom is -0.298 e. The fourth-order valence-corrected chi connectivity index (χ4v) is 2.15. The number of rotatable bonds is 7. The zero-order chi connectivity index (χ0) is 11.1. The van der Waals surface area contributed by atoms with E-state index in [0.717, 1.165) is 12.3 Å². The molecule has 2 atom stereocenters. The van der Waals surface area contributed by atoms with Crippen LogP contribution in [0.2, 0.25) is 0 Å². The average Bonchev–Trinajstić information content (AvgIpc) is 2.76. The molecule has 0 aromatic carbocycles. The van der Waals surface area contributed by atoms with E-state index in [1.807, 2.05) is 0 Å². The maximum atomic E-state index is 5.75. The standard InChI is InChI=1S/C13H27NO/c1-4-11(3)10-12(5-2)14-15-13-8-6-7-9-13/h11-14H,4-10H2,1-3H3. The van der Waals surface area contributed by atoms with Crippen LogP contribution in [0.4, 0.5) is 0 Å². The summed E-state index contributed by atoms with van der Waals surface area (Å²) in [6.45, 7) is 6.81. The molecule has 2 unspecified atom stereocenters. The van der Waals surface area contributed by atoms with Gasteiger partial charge in [0.25, 0.3) is 0 Å². The molecule has 0 heterocycles. The fourth-order valence-electron chi connectivity index (χ4n) is 2.15. The molecule has 1 rings (SSSR count). The van der Waals surface area contributed by atoms with E-state index in [9.17, 15) is 0 Å². The second kappa shape index (κ2) is 7.24. The first kappa shape index (κ1) is 13.0. The summed E-state index contributed by atoms with van der Waals surface area (Å²) in [5, 5.41) is 0. The zero-order valence-corrected chi connectivity index (χ0v) is 10.6. The van der Waals surface area contributed by atoms with Gasteiger partial charge < -0.3 is 0 Å². The highest BCUT2D eigenvalue weighted by Gasteiger charge is 2.17. The van der Waals surface area contributed by atoms with Gasteiger partial charge in [0, 0.05) is 6.04 Å². The van der Waals surface area contributed by atoms with E-state index in [0.29, 0.717) is 12.1 Å². The van der Waals surface area contributed by atoms with Crippen LogP contribution in [0.15, 0.2) is 0 Å². The Hall–Kier alpha value is -0.0800. The Labute approximate surface area is 94.7 Å². The molecule has 0 bridgehead atoms. The van der Waals surface area contributed by atoms with Gasteiger partial charge >= 0.3 is 0 Å². The molecule has 1 N–H and O–H groups in total. The summed E-state index contributed by atoms with van der Waals surface area (Å²) in [7, 11) is 0. The van der Waals surface area contributed by atoms with Gasteiger partial charge in [-0.1, -0.05) is 40.0 Å². The number of hydrogen-bond donors (Lipinski definition) is 1. The summed E-state index contributed by atoms with van der Waals surface area (Å²) >= 11 is 0. The van der Waals surface area contributed by atoms with Crippen LogP contribution in [0.5, 0.6) is 0 Å². The van der Waals surface area contributed by atoms with Crippen LogP contribution in [0.3, 0.4) is 0 Å². The van der Waals surface area contributed by atoms with Crippen molar-refractivity contribution in [2.75, 3.05) is 0 Å². The zero-order valence-electron chi connectivity index (χ0n) is 10.6. The molecule has 1 aliphatic rings. The lowest BCUT2D eigenvalue weighted by Crippen LogP contribution is -2.33. The van der Waals surface area contributed by atoms with Gasteiger partial charge in [-0.25, -0.2) is 0 Å². The molecule has 1 aliphatic carbocycles. The first-order chi connectivity index (χ1) is 7.26. The molecule has 2 nitrogen and oxygen atoms in total. The minimum atomic E-state index is 0.482. The number of hydrogen-bond acceptors (Lipinski definition) is 2. The van der Waals surface area contributed by atoms with Crippen LogP contribution < -0.4 is 5.48 Å². The molecule has 0 aromatic heterocycles. The fraction of sp³-hybridized carbons (Fsp3) is 1.00. The third-order valence-electron chi connectivity index (χ3n) is 3.58. The highest BCUT2D eigenvalue weighted by Crippen LogP contribution is 2.20. The molecule has 0 aromatic rings. The van der Waals surface area contributed by atoms with Gasteiger partial charge in [0.2, 0.25) is 0 Å². The Morgan fingerprint density at radius 1 is 1.20 bits per heavy atom. The van der Waals surface area contributed by atoms with E-state index in [4.69, 9.17) is 4.84 Å². The predicted octanol–water partition coefficient (Wildman–Crippen LogP) is 3.67. The van der Waals surface area contributed by atoms with E-state index >= 15 is 0 Å². The third kappa shape index (κ3) is 4.98. The molecule has 0 aliphatic heterocycles. The van der Waals surface area contributed by atoms with Crippen LogP contribution in [0.1, 0.15) is 65.7 Å². The van der Waals surface area contributed by atoms with E-state index in [-0.39, 0.29) is 0 Å². The van der Waals surface area contributed by atoms with Crippen LogP contribution in [-0.4, -0.2) is 12.1 Å². The lowest BCUT2D eigenvalue weighted by molar-refractivity contribution is -0.0443. The lowest BCUT2D eigenvalue weighted by atomic mass is 9.98. The largest absolute Gasteiger partial charge is 0.298 e. The highest BCUT2D eigenvalue weighted by molar-refractivity contribution is 4.68. The molecule has 90 valence electrons. The van der Waals surface area contributed by atoms with E-state index in [2.05, 4.69) is 26.3 Å². The van der Waals surface area contributed by atoms with Crippen molar-refractivity contribution >= 4 is 0 Å². The van der Waals surface area contributed by atoms with E-state index in [1.54, 1.807) is 0 Å². The molecule has 1 fully saturated rings. The summed E-state index contributed by atoms with van der Waals surface area (Å²) in [6.07, 6.45) is 9.32. The first-order valence-corrected chi connectivity index (χ1v) is 6.67. The predicted molar refractivity (Wildman–Crippen MR) is 64.6 cm³/mol. The van der Waals surface area contributed by atoms with Gasteiger partial charge in [-0.3, -0.25) is 4.84 Å². The topological polar surface area (TPSA) is 21.3 Å². The molecular formula is C13H27NO. The van der Waals surface area contributed by atoms with Crippen molar-refractivity contribution in [2.45, 2.75) is 77.9 Å². The summed E-state index contributed by atoms with van der Waals surface area (Å²) in [5.41, 5.74) is 3.28. The third-order valence-corrected chi connectivity index (χ3v) is 3.58. The van der Waals surface area contributed by atoms with Crippen molar-refractivity contribution in [2.24, 2.45) is 5.92 Å². The van der Waals surface area contributed by atoms with Crippen molar-refractivity contribution < 1.29 is 4.84 Å². The lowest BCUT2D eigenvalue weighted by Gasteiger charge is -2.22. The monoisotopic (exact) mass is 213 g/mol. The van der Waals surface area contributed by atoms with Crippen molar-refractivity contribution in [1.29, 1.82) is 0 Å². The van der Waals surface area contributed by atoms with Crippen LogP contribution in [0.25, 0.3) is 0 Å². The second-order valence-electron chi connectivity index (χ2n) is 5.00. The molecule has 0 radical (unpaired) electrons. The Kier molecular flexibility index (Phi) is 6.26. The smallest absolute Gasteiger partial charge is 0.0790 e. The highest BCUT2D eigenvalue weighted by atomic mass is 16.7. The summed E-state index contributed by atoms with van der Waals surface area (Å²) in [4.78, 5) is 5.75. The minimum absolute atomic E-state index is 0.482. The number of hydroxylamine groups is 1. The normalized spacial score (nSPS) is 21.8. The molecule has 15 heavy (non-hydrogen) atoms. The average molecular weight is 213 g/mol. The number of nitrogens with one attached hydrogen (secondary N) is 1. The Bertz CT molecular complexity index is 155. The van der Waals surface area contributed by atoms with Crippen LogP contribution in [-0.2, 0) is 4.84 Å². The SMILES string of the molecule is CCC(C)CC(CC)NOC1CCCC1. The van der Waals surface area contributed by atoms with Crippen molar-refractivity contribution in [1.82, 2.24) is 5.48 Å². The van der Waals surface area contributed by atoms with Gasteiger partial charge in [0.1, 0.15) is 0 Å². The summed E-state index contributed by atoms with van der Waals surface area (Å²) < 4.78 is 0. The second-order valence-corrected chi connectivity index (χ2v) is 5.00. The van der Waals surface area contributed by atoms with Crippen LogP contribution >= 0.6 is 0 Å². The molecule has 1 saturated carbocycles. The summed E-state index contributed by atoms with van der Waals surface area (Å²) in [5.74, 6) is 0.801. The van der Waals surface area contributed by atoms with Crippen molar-refractivity contribution in [3.63, 3.8) is 0 Å². The summed E-state index contributed by atoms with van der Waals surface area (Å²) in [6, 6.07) is 0.542. The Morgan fingerprint density at radius 2 is 1.87 bits per heavy atom. The first-order valence-electron chi connectivity index (χ1n) is 6.67. The maximum Gasteiger partial charge on any atom is 0.0790 e. The van der Waals surface area contributed by atoms with E-state index in [1.165, 1.54) is 38.5 Å². The Balaban J connectivity index is 2.14. The van der Waals surface area contributed by atoms with Gasteiger partial charge in [-0.15, -0.1) is 0 Å². The maximum absolute atomic E-state index is 5.75. The van der Waals surface area contributed by atoms with Crippen molar-refractivity contribution in [3.05, 3.63) is 0 Å². The molecule has 0 saturated heterocycles. The van der Waals surface area contributed by atoms with Gasteiger partial charge in [-0.2, -0.15) is 5.48 Å². The van der Waals surface area contributed by atoms with Crippen molar-refractivity contribution in [3.8, 4) is 0 Å². The van der Waals surface area contributed by atoms with Gasteiger partial charge in [-0.05, 0) is 31.6 Å². The van der Waals surface area contributed by atoms with E-state index < -0.39 is 0 Å². The van der Waals surface area contributed by atoms with Gasteiger partial charge in [0.05, 0.1) is 6.10 Å². The van der Waals surface area contributed by atoms with Gasteiger partial charge in [0.15, 0.2) is 0 Å². The quantitative estimate of drug-likeness (QED) is 0.652. The molecule has 0 spiro atoms.